The summed E-state index contributed by atoms with van der Waals surface area (Å²) < 4.78 is 16.6. The Labute approximate surface area is 45.4 Å². The predicted molar refractivity (Wildman–Crippen MR) is 9.61 cm³/mol. The molecule has 0 aromatic heterocycles. The van der Waals surface area contributed by atoms with Crippen molar-refractivity contribution in [2.45, 2.75) is 0 Å². The molecule has 26 valence electrons. The molecular weight excluding hydrogens is 145 g/mol. The molecule has 3 nitrogen and oxygen atoms in total. The van der Waals surface area contributed by atoms with Gasteiger partial charge in [-0.15, -0.1) is 0 Å². The average molecular weight is 145 g/mol. The maximum atomic E-state index is 8.29. The van der Waals surface area contributed by atoms with Crippen LogP contribution in [0.15, 0.2) is 0 Å². The van der Waals surface area contributed by atoms with Crippen LogP contribution >= 0.6 is 0 Å². The maximum absolute atomic E-state index is 8.29. The van der Waals surface area contributed by atoms with E-state index < -0.39 is 11.6 Å². The minimum atomic E-state index is -0.750. The molecule has 0 aliphatic rings. The first-order valence-corrected chi connectivity index (χ1v) is 1.00. The largest absolute Gasteiger partial charge is 2.00 e. The third-order valence-corrected chi connectivity index (χ3v) is 0. The Morgan fingerprint density at radius 1 is 1.20 bits per heavy atom. The molecule has 0 radical (unpaired) electrons. The quantitative estimate of drug-likeness (QED) is 0.419. The van der Waals surface area contributed by atoms with Crippen molar-refractivity contribution in [1.82, 2.24) is 0 Å². The number of hydrogen-bond acceptors (Lipinski definition) is 2. The van der Waals surface area contributed by atoms with E-state index in [0.717, 1.165) is 0 Å². The molecule has 0 fully saturated rings. The topological polar surface area (TPSA) is 62.6 Å². The summed E-state index contributed by atoms with van der Waals surface area (Å²) in [6.07, 6.45) is 0. The third-order valence-electron chi connectivity index (χ3n) is 0. The summed E-state index contributed by atoms with van der Waals surface area (Å²) in [6, 6.07) is 0. The van der Waals surface area contributed by atoms with Crippen LogP contribution in [0.1, 0.15) is 0 Å². The Hall–Kier alpha value is 0.403. The van der Waals surface area contributed by atoms with E-state index in [-0.39, 0.29) is 25.0 Å². The van der Waals surface area contributed by atoms with E-state index in [9.17, 15) is 0 Å². The number of rotatable bonds is 0. The van der Waals surface area contributed by atoms with Crippen LogP contribution in [-0.2, 0) is 36.5 Å². The van der Waals surface area contributed by atoms with Crippen molar-refractivity contribution in [3.05, 3.63) is 0 Å². The normalized spacial score (nSPS) is 2.40. The van der Waals surface area contributed by atoms with Gasteiger partial charge in [-0.2, -0.15) is 8.42 Å². The van der Waals surface area contributed by atoms with Gasteiger partial charge in [-0.1, -0.05) is 0 Å². The Bertz CT molecular complexity index is 27.9. The summed E-state index contributed by atoms with van der Waals surface area (Å²) in [5.41, 5.74) is 0. The molecule has 0 aromatic rings. The van der Waals surface area contributed by atoms with Gasteiger partial charge in [-0.05, 0) is 0 Å². The summed E-state index contributed by atoms with van der Waals surface area (Å²) in [4.78, 5) is 0. The first-order chi connectivity index (χ1) is 1.41. The van der Waals surface area contributed by atoms with Crippen molar-refractivity contribution >= 4 is 11.6 Å². The van der Waals surface area contributed by atoms with Crippen LogP contribution in [0, 0.1) is 0 Å². The zero-order valence-corrected chi connectivity index (χ0v) is 6.12. The summed E-state index contributed by atoms with van der Waals surface area (Å²) in [5.74, 6) is 0. The Kier molecular flexibility index (Phi) is 93.9. The Balaban J connectivity index is -0.0000000200. The van der Waals surface area contributed by atoms with E-state index in [0.29, 0.717) is 0 Å². The minimum Gasteiger partial charge on any atom is -2.00 e. The van der Waals surface area contributed by atoms with Gasteiger partial charge in [0.15, 0.2) is 0 Å². The Morgan fingerprint density at radius 3 is 1.20 bits per heavy atom. The molecule has 0 bridgehead atoms. The van der Waals surface area contributed by atoms with Gasteiger partial charge >= 0.3 is 31.0 Å². The first kappa shape index (κ1) is 18.1. The monoisotopic (exact) mass is 144 g/mol. The molecular formula is O3SZn. The molecule has 5 heteroatoms. The molecule has 0 heterocycles. The van der Waals surface area contributed by atoms with Crippen LogP contribution in [0.25, 0.3) is 0 Å². The predicted octanol–water partition coefficient (Wildman–Crippen LogP) is -0.791. The van der Waals surface area contributed by atoms with Crippen LogP contribution in [-0.4, -0.2) is 8.42 Å². The molecule has 0 aromatic carbocycles. The minimum absolute atomic E-state index is 0. The van der Waals surface area contributed by atoms with Crippen LogP contribution in [0.5, 0.6) is 0 Å². The standard InChI is InChI=1S/O2S.O.Zn/c1-3-2;;/q;-2;+2. The molecule has 0 saturated carbocycles. The zero-order chi connectivity index (χ0) is 2.71. The second kappa shape index (κ2) is 25.9. The molecule has 0 aliphatic heterocycles. The third kappa shape index (κ3) is 156. The molecule has 0 N–H and O–H groups in total. The number of hydrogen-bond donors (Lipinski definition) is 0. The van der Waals surface area contributed by atoms with Gasteiger partial charge in [0.05, 0.1) is 0 Å². The summed E-state index contributed by atoms with van der Waals surface area (Å²) >= 11 is -0.750. The van der Waals surface area contributed by atoms with Crippen molar-refractivity contribution in [2.24, 2.45) is 0 Å². The van der Waals surface area contributed by atoms with E-state index >= 15 is 0 Å². The SMILES string of the molecule is O=S=O.[O-2].[Zn+2]. The maximum Gasteiger partial charge on any atom is 2.00 e. The molecule has 0 saturated heterocycles. The van der Waals surface area contributed by atoms with E-state index in [1.54, 1.807) is 0 Å². The van der Waals surface area contributed by atoms with Gasteiger partial charge < -0.3 is 5.48 Å². The second-order valence-electron chi connectivity index (χ2n) is 0.0680. The van der Waals surface area contributed by atoms with Crippen LogP contribution in [0.2, 0.25) is 0 Å². The Morgan fingerprint density at radius 2 is 1.20 bits per heavy atom. The van der Waals surface area contributed by atoms with Crippen molar-refractivity contribution in [2.75, 3.05) is 0 Å². The van der Waals surface area contributed by atoms with Crippen molar-refractivity contribution < 1.29 is 33.4 Å². The molecule has 0 amide bonds. The molecule has 0 atom stereocenters. The zero-order valence-electron chi connectivity index (χ0n) is 2.34. The molecule has 0 rings (SSSR count). The summed E-state index contributed by atoms with van der Waals surface area (Å²) in [6.45, 7) is 0. The van der Waals surface area contributed by atoms with Gasteiger partial charge in [0.25, 0.3) is 0 Å². The second-order valence-corrected chi connectivity index (χ2v) is 0.204. The summed E-state index contributed by atoms with van der Waals surface area (Å²) in [5, 5.41) is 0. The van der Waals surface area contributed by atoms with Crippen LogP contribution in [0.3, 0.4) is 0 Å². The van der Waals surface area contributed by atoms with Gasteiger partial charge in [0.2, 0.25) is 0 Å². The smallest absolute Gasteiger partial charge is 2.00 e. The van der Waals surface area contributed by atoms with Gasteiger partial charge in [-0.3, -0.25) is 0 Å². The van der Waals surface area contributed by atoms with Crippen LogP contribution in [0.4, 0.5) is 0 Å². The fourth-order valence-corrected chi connectivity index (χ4v) is 0. The van der Waals surface area contributed by atoms with E-state index in [4.69, 9.17) is 8.42 Å². The van der Waals surface area contributed by atoms with Crippen molar-refractivity contribution in [3.63, 3.8) is 0 Å². The fourth-order valence-electron chi connectivity index (χ4n) is 0. The molecule has 0 unspecified atom stereocenters. The van der Waals surface area contributed by atoms with Gasteiger partial charge in [0, 0.05) is 0 Å². The molecule has 5 heavy (non-hydrogen) atoms. The van der Waals surface area contributed by atoms with Gasteiger partial charge in [-0.25, -0.2) is 0 Å². The summed E-state index contributed by atoms with van der Waals surface area (Å²) in [7, 11) is 0. The van der Waals surface area contributed by atoms with E-state index in [1.807, 2.05) is 0 Å². The fraction of sp³-hybridized carbons (Fsp3) is 0. The first-order valence-electron chi connectivity index (χ1n) is 0.333. The van der Waals surface area contributed by atoms with Crippen molar-refractivity contribution in [3.8, 4) is 0 Å². The van der Waals surface area contributed by atoms with E-state index in [1.165, 1.54) is 0 Å². The molecule has 0 aliphatic carbocycles. The van der Waals surface area contributed by atoms with Gasteiger partial charge in [0.1, 0.15) is 0 Å². The van der Waals surface area contributed by atoms with E-state index in [2.05, 4.69) is 0 Å². The van der Waals surface area contributed by atoms with Crippen LogP contribution < -0.4 is 0 Å². The average Bonchev–Trinajstić information content (AvgIpc) is 0.918. The molecule has 0 spiro atoms. The van der Waals surface area contributed by atoms with Crippen molar-refractivity contribution in [1.29, 1.82) is 0 Å².